The normalized spacial score (nSPS) is 25.8. The van der Waals surface area contributed by atoms with E-state index in [0.717, 1.165) is 19.1 Å². The van der Waals surface area contributed by atoms with Crippen LogP contribution in [0.1, 0.15) is 37.3 Å². The average molecular weight is 324 g/mol. The number of benzene rings is 1. The molecule has 0 aliphatic carbocycles. The molecule has 0 radical (unpaired) electrons. The first kappa shape index (κ1) is 13.6. The molecule has 1 aromatic rings. The molecule has 0 aromatic heterocycles. The summed E-state index contributed by atoms with van der Waals surface area (Å²) < 4.78 is 6.64. The minimum atomic E-state index is 0.635. The summed E-state index contributed by atoms with van der Waals surface area (Å²) in [6.07, 6.45) is 5.13. The quantitative estimate of drug-likeness (QED) is 0.833. The summed E-state index contributed by atoms with van der Waals surface area (Å²) in [7, 11) is 0. The Balaban J connectivity index is 1.65. The van der Waals surface area contributed by atoms with Crippen LogP contribution in [-0.2, 0) is 4.74 Å². The number of rotatable bonds is 3. The monoisotopic (exact) mass is 323 g/mol. The maximum atomic E-state index is 5.47. The van der Waals surface area contributed by atoms with E-state index >= 15 is 0 Å². The molecule has 3 rings (SSSR count). The predicted octanol–water partition coefficient (Wildman–Crippen LogP) is 4.01. The molecule has 1 unspecified atom stereocenters. The van der Waals surface area contributed by atoms with Crippen molar-refractivity contribution in [3.05, 3.63) is 34.3 Å². The third-order valence-corrected chi connectivity index (χ3v) is 4.98. The molecule has 0 bridgehead atoms. The summed E-state index contributed by atoms with van der Waals surface area (Å²) in [5, 5.41) is 0. The largest absolute Gasteiger partial charge is 0.381 e. The van der Waals surface area contributed by atoms with Gasteiger partial charge in [0.25, 0.3) is 0 Å². The topological polar surface area (TPSA) is 12.5 Å². The maximum Gasteiger partial charge on any atom is 0.0469 e. The fourth-order valence-electron chi connectivity index (χ4n) is 3.37. The highest BCUT2D eigenvalue weighted by Crippen LogP contribution is 2.34. The maximum absolute atomic E-state index is 5.47. The van der Waals surface area contributed by atoms with E-state index in [4.69, 9.17) is 4.74 Å². The van der Waals surface area contributed by atoms with Gasteiger partial charge in [0.05, 0.1) is 0 Å². The number of hydrogen-bond acceptors (Lipinski definition) is 2. The highest BCUT2D eigenvalue weighted by Gasteiger charge is 2.28. The zero-order valence-electron chi connectivity index (χ0n) is 11.4. The van der Waals surface area contributed by atoms with Gasteiger partial charge in [-0.2, -0.15) is 0 Å². The van der Waals surface area contributed by atoms with Crippen LogP contribution in [0, 0.1) is 5.92 Å². The fourth-order valence-corrected chi connectivity index (χ4v) is 3.63. The molecule has 0 amide bonds. The molecule has 2 aliphatic rings. The van der Waals surface area contributed by atoms with Crippen molar-refractivity contribution < 1.29 is 4.74 Å². The lowest BCUT2D eigenvalue weighted by Crippen LogP contribution is -2.32. The Morgan fingerprint density at radius 1 is 1.11 bits per heavy atom. The minimum absolute atomic E-state index is 0.635. The van der Waals surface area contributed by atoms with Gasteiger partial charge in [-0.3, -0.25) is 4.90 Å². The predicted molar refractivity (Wildman–Crippen MR) is 81.2 cm³/mol. The molecule has 2 heterocycles. The Morgan fingerprint density at radius 2 is 1.84 bits per heavy atom. The molecule has 104 valence electrons. The van der Waals surface area contributed by atoms with Crippen molar-refractivity contribution in [1.29, 1.82) is 0 Å². The molecule has 0 spiro atoms. The molecule has 3 heteroatoms. The highest BCUT2D eigenvalue weighted by molar-refractivity contribution is 9.10. The van der Waals surface area contributed by atoms with Gasteiger partial charge in [0, 0.05) is 30.3 Å². The van der Waals surface area contributed by atoms with Crippen LogP contribution in [0.2, 0.25) is 0 Å². The lowest BCUT2D eigenvalue weighted by molar-refractivity contribution is 0.0506. The number of ether oxygens (including phenoxy) is 1. The molecule has 2 fully saturated rings. The van der Waals surface area contributed by atoms with Crippen molar-refractivity contribution in [2.45, 2.75) is 31.7 Å². The standard InChI is InChI=1S/C16H22BrNO/c17-15-5-3-14(4-6-15)16-2-1-9-18(16)12-13-7-10-19-11-8-13/h3-6,13,16H,1-2,7-12H2. The van der Waals surface area contributed by atoms with Crippen LogP contribution < -0.4 is 0 Å². The minimum Gasteiger partial charge on any atom is -0.381 e. The summed E-state index contributed by atoms with van der Waals surface area (Å²) in [5.41, 5.74) is 1.48. The molecule has 19 heavy (non-hydrogen) atoms. The number of halogens is 1. The number of likely N-dealkylation sites (tertiary alicyclic amines) is 1. The van der Waals surface area contributed by atoms with E-state index in [1.165, 1.54) is 48.8 Å². The van der Waals surface area contributed by atoms with E-state index in [1.54, 1.807) is 0 Å². The van der Waals surface area contributed by atoms with Gasteiger partial charge in [0.15, 0.2) is 0 Å². The Hall–Kier alpha value is -0.380. The van der Waals surface area contributed by atoms with Gasteiger partial charge in [-0.1, -0.05) is 28.1 Å². The van der Waals surface area contributed by atoms with Crippen LogP contribution in [0.5, 0.6) is 0 Å². The first-order chi connectivity index (χ1) is 9.33. The zero-order valence-corrected chi connectivity index (χ0v) is 12.9. The lowest BCUT2D eigenvalue weighted by Gasteiger charge is -2.31. The third-order valence-electron chi connectivity index (χ3n) is 4.45. The second kappa shape index (κ2) is 6.38. The first-order valence-electron chi connectivity index (χ1n) is 7.40. The Morgan fingerprint density at radius 3 is 2.58 bits per heavy atom. The van der Waals surface area contributed by atoms with Gasteiger partial charge in [-0.25, -0.2) is 0 Å². The van der Waals surface area contributed by atoms with Crippen molar-refractivity contribution >= 4 is 15.9 Å². The van der Waals surface area contributed by atoms with Gasteiger partial charge >= 0.3 is 0 Å². The molecule has 0 N–H and O–H groups in total. The summed E-state index contributed by atoms with van der Waals surface area (Å²) in [6, 6.07) is 9.52. The van der Waals surface area contributed by atoms with Gasteiger partial charge in [-0.05, 0) is 55.8 Å². The van der Waals surface area contributed by atoms with Crippen molar-refractivity contribution in [3.63, 3.8) is 0 Å². The summed E-state index contributed by atoms with van der Waals surface area (Å²) in [4.78, 5) is 2.69. The van der Waals surface area contributed by atoms with Crippen LogP contribution in [0.15, 0.2) is 28.7 Å². The van der Waals surface area contributed by atoms with E-state index in [-0.39, 0.29) is 0 Å². The first-order valence-corrected chi connectivity index (χ1v) is 8.19. The smallest absolute Gasteiger partial charge is 0.0469 e. The van der Waals surface area contributed by atoms with Crippen LogP contribution in [-0.4, -0.2) is 31.2 Å². The van der Waals surface area contributed by atoms with Gasteiger partial charge in [0.1, 0.15) is 0 Å². The molecule has 2 saturated heterocycles. The van der Waals surface area contributed by atoms with Crippen molar-refractivity contribution in [2.24, 2.45) is 5.92 Å². The summed E-state index contributed by atoms with van der Waals surface area (Å²) in [5.74, 6) is 0.838. The average Bonchev–Trinajstić information content (AvgIpc) is 2.89. The van der Waals surface area contributed by atoms with Crippen molar-refractivity contribution in [3.8, 4) is 0 Å². The Bertz CT molecular complexity index is 400. The van der Waals surface area contributed by atoms with E-state index in [9.17, 15) is 0 Å². The number of nitrogens with zero attached hydrogens (tertiary/aromatic N) is 1. The van der Waals surface area contributed by atoms with Crippen LogP contribution in [0.4, 0.5) is 0 Å². The fraction of sp³-hybridized carbons (Fsp3) is 0.625. The lowest BCUT2D eigenvalue weighted by atomic mass is 9.98. The van der Waals surface area contributed by atoms with Crippen LogP contribution >= 0.6 is 15.9 Å². The molecule has 2 nitrogen and oxygen atoms in total. The molecular weight excluding hydrogens is 302 g/mol. The van der Waals surface area contributed by atoms with Crippen LogP contribution in [0.3, 0.4) is 0 Å². The molecule has 0 saturated carbocycles. The van der Waals surface area contributed by atoms with E-state index < -0.39 is 0 Å². The van der Waals surface area contributed by atoms with Gasteiger partial charge < -0.3 is 4.74 Å². The molecule has 1 atom stereocenters. The van der Waals surface area contributed by atoms with E-state index in [2.05, 4.69) is 45.1 Å². The highest BCUT2D eigenvalue weighted by atomic mass is 79.9. The van der Waals surface area contributed by atoms with E-state index in [0.29, 0.717) is 6.04 Å². The van der Waals surface area contributed by atoms with Crippen LogP contribution in [0.25, 0.3) is 0 Å². The van der Waals surface area contributed by atoms with Crippen molar-refractivity contribution in [2.75, 3.05) is 26.3 Å². The SMILES string of the molecule is Brc1ccc(C2CCCN2CC2CCOCC2)cc1. The summed E-state index contributed by atoms with van der Waals surface area (Å²) in [6.45, 7) is 4.44. The van der Waals surface area contributed by atoms with Gasteiger partial charge in [-0.15, -0.1) is 0 Å². The van der Waals surface area contributed by atoms with E-state index in [1.807, 2.05) is 0 Å². The second-order valence-corrected chi connectivity index (χ2v) is 6.68. The zero-order chi connectivity index (χ0) is 13.1. The third kappa shape index (κ3) is 3.39. The number of hydrogen-bond donors (Lipinski definition) is 0. The summed E-state index contributed by atoms with van der Waals surface area (Å²) >= 11 is 3.52. The molecule has 2 aliphatic heterocycles. The molecule has 1 aromatic carbocycles. The second-order valence-electron chi connectivity index (χ2n) is 5.76. The Kier molecular flexibility index (Phi) is 4.57. The van der Waals surface area contributed by atoms with Crippen molar-refractivity contribution in [1.82, 2.24) is 4.90 Å². The van der Waals surface area contributed by atoms with Gasteiger partial charge in [0.2, 0.25) is 0 Å². The Labute approximate surface area is 124 Å². The molecular formula is C16H22BrNO.